The fourth-order valence-corrected chi connectivity index (χ4v) is 7.02. The van der Waals surface area contributed by atoms with E-state index < -0.39 is 13.9 Å². The van der Waals surface area contributed by atoms with Crippen molar-refractivity contribution >= 4 is 13.8 Å². The summed E-state index contributed by atoms with van der Waals surface area (Å²) < 4.78 is 34.8. The quantitative estimate of drug-likeness (QED) is 0.0164. The zero-order chi connectivity index (χ0) is 39.9. The average Bonchev–Trinajstić information content (AvgIpc) is 3.12. The molecule has 0 heterocycles. The van der Waals surface area contributed by atoms with E-state index in [1.165, 1.54) is 141 Å². The number of carbonyl (C=O) groups excluding carboxylic acids is 1. The van der Waals surface area contributed by atoms with Crippen molar-refractivity contribution in [3.05, 3.63) is 24.5 Å². The molecule has 8 nitrogen and oxygen atoms in total. The minimum atomic E-state index is -4.29. The zero-order valence-electron chi connectivity index (χ0n) is 36.2. The van der Waals surface area contributed by atoms with Gasteiger partial charge in [0.2, 0.25) is 0 Å². The van der Waals surface area contributed by atoms with Crippen molar-refractivity contribution in [1.29, 1.82) is 0 Å². The molecule has 9 heteroatoms. The lowest BCUT2D eigenvalue weighted by Gasteiger charge is -2.24. The van der Waals surface area contributed by atoms with Gasteiger partial charge in [-0.05, 0) is 51.0 Å². The van der Waals surface area contributed by atoms with Crippen LogP contribution in [0.4, 0.5) is 0 Å². The highest BCUT2D eigenvalue weighted by Gasteiger charge is 2.26. The minimum Gasteiger partial charge on any atom is -0.498 e. The van der Waals surface area contributed by atoms with Crippen molar-refractivity contribution in [1.82, 2.24) is 0 Å². The van der Waals surface area contributed by atoms with Crippen LogP contribution in [0, 0.1) is 0 Å². The van der Waals surface area contributed by atoms with E-state index >= 15 is 0 Å². The first-order valence-corrected chi connectivity index (χ1v) is 24.1. The lowest BCUT2D eigenvalue weighted by Crippen LogP contribution is -2.37. The number of esters is 1. The fraction of sp³-hybridized carbons (Fsp3) is 0.889. The molecule has 0 aliphatic rings. The first-order valence-electron chi connectivity index (χ1n) is 22.6. The van der Waals surface area contributed by atoms with Crippen LogP contribution in [-0.2, 0) is 27.9 Å². The molecule has 1 N–H and O–H groups in total. The van der Waals surface area contributed by atoms with Gasteiger partial charge in [-0.3, -0.25) is 13.8 Å². The number of quaternary nitrogens is 1. The maximum absolute atomic E-state index is 12.7. The van der Waals surface area contributed by atoms with Crippen molar-refractivity contribution in [3.8, 4) is 0 Å². The van der Waals surface area contributed by atoms with Gasteiger partial charge in [-0.1, -0.05) is 167 Å². The molecule has 0 aromatic rings. The number of hydrogen-bond donors (Lipinski definition) is 1. The molecule has 0 fully saturated rings. The minimum absolute atomic E-state index is 0.0480. The van der Waals surface area contributed by atoms with E-state index in [1.807, 2.05) is 27.2 Å². The number of carbonyl (C=O) groups is 1. The molecule has 0 spiro atoms. The molecular formula is C45H89NO7P+. The Morgan fingerprint density at radius 3 is 1.43 bits per heavy atom. The Bertz CT molecular complexity index is 920. The van der Waals surface area contributed by atoms with Crippen LogP contribution in [0.5, 0.6) is 0 Å². The molecule has 0 aliphatic heterocycles. The molecule has 2 atom stereocenters. The van der Waals surface area contributed by atoms with Crippen LogP contribution in [0.25, 0.3) is 0 Å². The van der Waals surface area contributed by atoms with Gasteiger partial charge in [0.1, 0.15) is 19.8 Å². The molecule has 1 unspecified atom stereocenters. The van der Waals surface area contributed by atoms with Gasteiger partial charge in [0.25, 0.3) is 0 Å². The predicted molar refractivity (Wildman–Crippen MR) is 229 cm³/mol. The van der Waals surface area contributed by atoms with E-state index in [0.29, 0.717) is 17.4 Å². The number of phosphoric acid groups is 1. The summed E-state index contributed by atoms with van der Waals surface area (Å²) in [5, 5.41) is 0. The third kappa shape index (κ3) is 42.0. The van der Waals surface area contributed by atoms with Gasteiger partial charge in [-0.2, -0.15) is 0 Å². The monoisotopic (exact) mass is 787 g/mol. The highest BCUT2D eigenvalue weighted by Crippen LogP contribution is 2.43. The molecule has 54 heavy (non-hydrogen) atoms. The number of allylic oxidation sites excluding steroid dienone is 3. The Morgan fingerprint density at radius 2 is 0.981 bits per heavy atom. The van der Waals surface area contributed by atoms with Crippen LogP contribution < -0.4 is 0 Å². The van der Waals surface area contributed by atoms with Crippen LogP contribution in [0.1, 0.15) is 206 Å². The molecule has 0 amide bonds. The zero-order valence-corrected chi connectivity index (χ0v) is 37.1. The molecule has 0 aromatic carbocycles. The van der Waals surface area contributed by atoms with Crippen molar-refractivity contribution < 1.29 is 37.3 Å². The second-order valence-corrected chi connectivity index (χ2v) is 18.0. The van der Waals surface area contributed by atoms with E-state index in [9.17, 15) is 14.3 Å². The van der Waals surface area contributed by atoms with E-state index in [-0.39, 0.29) is 25.8 Å². The number of likely N-dealkylation sites (N-methyl/N-ethyl adjacent to an activating group) is 1. The van der Waals surface area contributed by atoms with E-state index in [1.54, 1.807) is 6.26 Å². The molecule has 0 radical (unpaired) electrons. The first kappa shape index (κ1) is 52.8. The largest absolute Gasteiger partial charge is 0.498 e. The standard InChI is InChI=1S/C45H88NO7P/c1-6-8-10-12-14-16-18-20-22-24-26-28-30-32-34-36-38-45(47)53-44(43-52-54(48,49)51-41-39-46(3,4)5)42-50-40-37-35-33-31-29-27-25-23-21-19-17-15-13-11-9-7-2/h22,24,37,40,44H,6-21,23,25-36,38-39,41-43H2,1-5H3/p+1/b24-22-,40-37-/t44-/m1/s1. The Balaban J connectivity index is 4.27. The molecule has 0 aliphatic carbocycles. The number of nitrogens with zero attached hydrogens (tertiary/aromatic N) is 1. The van der Waals surface area contributed by atoms with Gasteiger partial charge in [0.15, 0.2) is 6.10 Å². The number of phosphoric ester groups is 1. The topological polar surface area (TPSA) is 91.3 Å². The lowest BCUT2D eigenvalue weighted by atomic mass is 10.0. The summed E-state index contributed by atoms with van der Waals surface area (Å²) in [6, 6.07) is 0. The maximum Gasteiger partial charge on any atom is 0.472 e. The molecule has 0 rings (SSSR count). The number of rotatable bonds is 42. The van der Waals surface area contributed by atoms with Gasteiger partial charge in [0.05, 0.1) is 34.0 Å². The normalized spacial score (nSPS) is 13.9. The molecule has 320 valence electrons. The Labute approximate surface area is 334 Å². The highest BCUT2D eigenvalue weighted by molar-refractivity contribution is 7.47. The SMILES string of the molecule is CCCCCCCCC/C=C\CCCCCCCC(=O)O[C@H](CO/C=C\CCCCCCCCCCCCCCCC)COP(=O)(O)OCC[N+](C)(C)C. The summed E-state index contributed by atoms with van der Waals surface area (Å²) in [4.78, 5) is 22.9. The summed E-state index contributed by atoms with van der Waals surface area (Å²) >= 11 is 0. The maximum atomic E-state index is 12.7. The lowest BCUT2D eigenvalue weighted by molar-refractivity contribution is -0.870. The van der Waals surface area contributed by atoms with Gasteiger partial charge in [-0.15, -0.1) is 0 Å². The van der Waals surface area contributed by atoms with E-state index in [4.69, 9.17) is 18.5 Å². The molecule has 0 aromatic heterocycles. The smallest absolute Gasteiger partial charge is 0.472 e. The summed E-state index contributed by atoms with van der Waals surface area (Å²) in [6.07, 6.45) is 44.5. The summed E-state index contributed by atoms with van der Waals surface area (Å²) in [5.74, 6) is -0.342. The van der Waals surface area contributed by atoms with Gasteiger partial charge >= 0.3 is 13.8 Å². The van der Waals surface area contributed by atoms with Crippen LogP contribution in [0.15, 0.2) is 24.5 Å². The fourth-order valence-electron chi connectivity index (χ4n) is 6.28. The third-order valence-corrected chi connectivity index (χ3v) is 10.8. The van der Waals surface area contributed by atoms with Crippen molar-refractivity contribution in [2.75, 3.05) is 47.5 Å². The predicted octanol–water partition coefficient (Wildman–Crippen LogP) is 13.6. The summed E-state index contributed by atoms with van der Waals surface area (Å²) in [5.41, 5.74) is 0. The van der Waals surface area contributed by atoms with Crippen molar-refractivity contribution in [2.24, 2.45) is 0 Å². The molecular weight excluding hydrogens is 697 g/mol. The van der Waals surface area contributed by atoms with Crippen LogP contribution in [0.3, 0.4) is 0 Å². The van der Waals surface area contributed by atoms with E-state index in [0.717, 1.165) is 44.9 Å². The molecule has 0 bridgehead atoms. The van der Waals surface area contributed by atoms with E-state index in [2.05, 4.69) is 26.0 Å². The van der Waals surface area contributed by atoms with Crippen LogP contribution in [-0.4, -0.2) is 69.0 Å². The van der Waals surface area contributed by atoms with Gasteiger partial charge < -0.3 is 18.9 Å². The average molecular weight is 787 g/mol. The highest BCUT2D eigenvalue weighted by atomic mass is 31.2. The number of ether oxygens (including phenoxy) is 2. The Kier molecular flexibility index (Phi) is 37.8. The summed E-state index contributed by atoms with van der Waals surface area (Å²) in [7, 11) is 1.64. The van der Waals surface area contributed by atoms with Gasteiger partial charge in [0, 0.05) is 6.42 Å². The van der Waals surface area contributed by atoms with Gasteiger partial charge in [-0.25, -0.2) is 4.57 Å². The first-order chi connectivity index (χ1) is 26.1. The molecule has 0 saturated heterocycles. The Morgan fingerprint density at radius 1 is 0.574 bits per heavy atom. The number of unbranched alkanes of at least 4 members (excludes halogenated alkanes) is 26. The van der Waals surface area contributed by atoms with Crippen LogP contribution in [0.2, 0.25) is 0 Å². The van der Waals surface area contributed by atoms with Crippen LogP contribution >= 0.6 is 7.82 Å². The second kappa shape index (κ2) is 38.7. The summed E-state index contributed by atoms with van der Waals surface area (Å²) in [6.45, 7) is 4.94. The number of hydrogen-bond acceptors (Lipinski definition) is 6. The second-order valence-electron chi connectivity index (χ2n) is 16.5. The Hall–Kier alpha value is -1.18. The third-order valence-electron chi connectivity index (χ3n) is 9.83. The van der Waals surface area contributed by atoms with Crippen molar-refractivity contribution in [2.45, 2.75) is 213 Å². The van der Waals surface area contributed by atoms with Crippen molar-refractivity contribution in [3.63, 3.8) is 0 Å². The molecule has 0 saturated carbocycles.